The molecule has 1 fully saturated rings. The summed E-state index contributed by atoms with van der Waals surface area (Å²) in [6, 6.07) is 11.8. The minimum Gasteiger partial charge on any atom is -0.490 e. The van der Waals surface area contributed by atoms with Crippen molar-refractivity contribution in [2.45, 2.75) is 24.3 Å². The summed E-state index contributed by atoms with van der Waals surface area (Å²) in [7, 11) is 0. The topological polar surface area (TPSA) is 9.23 Å². The Morgan fingerprint density at radius 3 is 2.41 bits per heavy atom. The lowest BCUT2D eigenvalue weighted by Crippen LogP contribution is -2.34. The van der Waals surface area contributed by atoms with E-state index in [0.29, 0.717) is 0 Å². The van der Waals surface area contributed by atoms with E-state index < -0.39 is 0 Å². The lowest BCUT2D eigenvalue weighted by atomic mass is 9.95. The monoisotopic (exact) mass is 266 g/mol. The highest BCUT2D eigenvalue weighted by Crippen LogP contribution is 2.35. The van der Waals surface area contributed by atoms with Gasteiger partial charge in [0.1, 0.15) is 11.9 Å². The molecule has 2 aromatic carbocycles. The van der Waals surface area contributed by atoms with E-state index in [1.165, 1.54) is 0 Å². The molecule has 0 saturated heterocycles. The molecule has 0 aromatic heterocycles. The second-order valence-electron chi connectivity index (χ2n) is 4.40. The van der Waals surface area contributed by atoms with E-state index in [2.05, 4.69) is 0 Å². The molecule has 0 unspecified atom stereocenters. The van der Waals surface area contributed by atoms with E-state index in [1.54, 1.807) is 0 Å². The van der Waals surface area contributed by atoms with Gasteiger partial charge in [0, 0.05) is 34.0 Å². The zero-order valence-electron chi connectivity index (χ0n) is 9.20. The molecule has 0 spiro atoms. The molecule has 1 nitrogen and oxygen atoms in total. The number of alkyl halides is 1. The maximum absolute atomic E-state index is 6.16. The highest BCUT2D eigenvalue weighted by Gasteiger charge is 2.29. The van der Waals surface area contributed by atoms with Crippen LogP contribution < -0.4 is 4.74 Å². The summed E-state index contributed by atoms with van der Waals surface area (Å²) in [6.07, 6.45) is 2.11. The highest BCUT2D eigenvalue weighted by atomic mass is 35.5. The van der Waals surface area contributed by atoms with E-state index in [-0.39, 0.29) is 11.5 Å². The third kappa shape index (κ3) is 2.10. The van der Waals surface area contributed by atoms with Gasteiger partial charge in [-0.2, -0.15) is 0 Å². The van der Waals surface area contributed by atoms with Crippen molar-refractivity contribution in [1.29, 1.82) is 0 Å². The first-order valence-electron chi connectivity index (χ1n) is 5.72. The quantitative estimate of drug-likeness (QED) is 0.720. The molecule has 1 aliphatic rings. The van der Waals surface area contributed by atoms with Crippen molar-refractivity contribution in [3.8, 4) is 5.75 Å². The minimum absolute atomic E-state index is 0.252. The third-order valence-electron chi connectivity index (χ3n) is 3.16. The highest BCUT2D eigenvalue weighted by molar-refractivity contribution is 6.35. The second-order valence-corrected chi connectivity index (χ2v) is 5.42. The molecule has 88 valence electrons. The lowest BCUT2D eigenvalue weighted by molar-refractivity contribution is 0.126. The second kappa shape index (κ2) is 4.40. The minimum atomic E-state index is 0.252. The average molecular weight is 267 g/mol. The van der Waals surface area contributed by atoms with Crippen LogP contribution in [0.3, 0.4) is 0 Å². The fourth-order valence-electron chi connectivity index (χ4n) is 2.11. The molecular formula is C14H12Cl2O. The number of hydrogen-bond acceptors (Lipinski definition) is 1. The van der Waals surface area contributed by atoms with E-state index >= 15 is 0 Å². The number of ether oxygens (including phenoxy) is 1. The van der Waals surface area contributed by atoms with Crippen LogP contribution in [0, 0.1) is 0 Å². The summed E-state index contributed by atoms with van der Waals surface area (Å²) in [6.45, 7) is 0. The van der Waals surface area contributed by atoms with Gasteiger partial charge in [0.05, 0.1) is 0 Å². The predicted molar refractivity (Wildman–Crippen MR) is 72.2 cm³/mol. The Morgan fingerprint density at radius 2 is 1.71 bits per heavy atom. The van der Waals surface area contributed by atoms with Gasteiger partial charge in [-0.25, -0.2) is 0 Å². The van der Waals surface area contributed by atoms with Crippen molar-refractivity contribution < 1.29 is 4.74 Å². The molecule has 3 heteroatoms. The summed E-state index contributed by atoms with van der Waals surface area (Å²) < 4.78 is 5.95. The number of fused-ring (bicyclic) bond motifs is 1. The van der Waals surface area contributed by atoms with Crippen LogP contribution in [0.4, 0.5) is 0 Å². The van der Waals surface area contributed by atoms with Gasteiger partial charge in [0.2, 0.25) is 0 Å². The Hall–Kier alpha value is -0.920. The zero-order valence-corrected chi connectivity index (χ0v) is 10.7. The van der Waals surface area contributed by atoms with Gasteiger partial charge in [-0.15, -0.1) is 11.6 Å². The normalized spacial score (nSPS) is 23.4. The van der Waals surface area contributed by atoms with Crippen LogP contribution in [0.2, 0.25) is 5.02 Å². The summed E-state index contributed by atoms with van der Waals surface area (Å²) in [5.74, 6) is 0.901. The van der Waals surface area contributed by atoms with Gasteiger partial charge < -0.3 is 4.74 Å². The maximum Gasteiger partial charge on any atom is 0.127 e. The number of rotatable bonds is 2. The van der Waals surface area contributed by atoms with Gasteiger partial charge in [0.15, 0.2) is 0 Å². The standard InChI is InChI=1S/C14H12Cl2O/c15-9-7-10(8-9)17-14-6-5-13(16)11-3-1-2-4-12(11)14/h1-6,9-10H,7-8H2. The van der Waals surface area contributed by atoms with Crippen molar-refractivity contribution in [1.82, 2.24) is 0 Å². The third-order valence-corrected chi connectivity index (χ3v) is 3.85. The molecule has 0 N–H and O–H groups in total. The summed E-state index contributed by atoms with van der Waals surface area (Å²) in [5, 5.41) is 3.14. The molecule has 17 heavy (non-hydrogen) atoms. The zero-order chi connectivity index (χ0) is 11.8. The first-order valence-corrected chi connectivity index (χ1v) is 6.53. The molecule has 3 rings (SSSR count). The van der Waals surface area contributed by atoms with E-state index in [0.717, 1.165) is 34.4 Å². The van der Waals surface area contributed by atoms with Crippen molar-refractivity contribution in [2.24, 2.45) is 0 Å². The van der Waals surface area contributed by atoms with E-state index in [9.17, 15) is 0 Å². The molecule has 0 atom stereocenters. The first kappa shape index (κ1) is 11.2. The van der Waals surface area contributed by atoms with Gasteiger partial charge in [-0.3, -0.25) is 0 Å². The molecular weight excluding hydrogens is 255 g/mol. The fourth-order valence-corrected chi connectivity index (χ4v) is 2.74. The van der Waals surface area contributed by atoms with E-state index in [1.807, 2.05) is 36.4 Å². The van der Waals surface area contributed by atoms with Crippen molar-refractivity contribution in [3.05, 3.63) is 41.4 Å². The van der Waals surface area contributed by atoms with Crippen molar-refractivity contribution in [3.63, 3.8) is 0 Å². The van der Waals surface area contributed by atoms with Gasteiger partial charge in [-0.1, -0.05) is 35.9 Å². The average Bonchev–Trinajstić information content (AvgIpc) is 2.31. The molecule has 1 saturated carbocycles. The Balaban J connectivity index is 1.96. The molecule has 0 amide bonds. The Kier molecular flexibility index (Phi) is 2.89. The number of hydrogen-bond donors (Lipinski definition) is 0. The lowest BCUT2D eigenvalue weighted by Gasteiger charge is -2.31. The molecule has 0 aliphatic heterocycles. The maximum atomic E-state index is 6.16. The van der Waals surface area contributed by atoms with Crippen LogP contribution in [0.25, 0.3) is 10.8 Å². The molecule has 0 heterocycles. The summed E-state index contributed by atoms with van der Waals surface area (Å²) in [4.78, 5) is 0. The van der Waals surface area contributed by atoms with Gasteiger partial charge >= 0.3 is 0 Å². The SMILES string of the molecule is Clc1ccc(OC2CC(Cl)C2)c2ccccc12. The molecule has 2 aromatic rings. The molecule has 0 bridgehead atoms. The summed E-state index contributed by atoms with van der Waals surface area (Å²) >= 11 is 12.1. The number of halogens is 2. The predicted octanol–water partition coefficient (Wildman–Crippen LogP) is 4.64. The smallest absolute Gasteiger partial charge is 0.127 e. The summed E-state index contributed by atoms with van der Waals surface area (Å²) in [5.41, 5.74) is 0. The van der Waals surface area contributed by atoms with Crippen LogP contribution in [-0.2, 0) is 0 Å². The van der Waals surface area contributed by atoms with Crippen LogP contribution in [-0.4, -0.2) is 11.5 Å². The van der Waals surface area contributed by atoms with Crippen LogP contribution in [0.15, 0.2) is 36.4 Å². The molecule has 1 aliphatic carbocycles. The van der Waals surface area contributed by atoms with Gasteiger partial charge in [0.25, 0.3) is 0 Å². The van der Waals surface area contributed by atoms with Gasteiger partial charge in [-0.05, 0) is 12.1 Å². The Labute approximate surface area is 110 Å². The Bertz CT molecular complexity index is 547. The van der Waals surface area contributed by atoms with E-state index in [4.69, 9.17) is 27.9 Å². The number of benzene rings is 2. The first-order chi connectivity index (χ1) is 8.24. The fraction of sp³-hybridized carbons (Fsp3) is 0.286. The van der Waals surface area contributed by atoms with Crippen LogP contribution in [0.1, 0.15) is 12.8 Å². The largest absolute Gasteiger partial charge is 0.490 e. The molecule has 0 radical (unpaired) electrons. The van der Waals surface area contributed by atoms with Crippen LogP contribution in [0.5, 0.6) is 5.75 Å². The Morgan fingerprint density at radius 1 is 1.00 bits per heavy atom. The van der Waals surface area contributed by atoms with Crippen LogP contribution >= 0.6 is 23.2 Å². The van der Waals surface area contributed by atoms with Crippen molar-refractivity contribution in [2.75, 3.05) is 0 Å². The van der Waals surface area contributed by atoms with Crippen molar-refractivity contribution >= 4 is 34.0 Å².